The van der Waals surface area contributed by atoms with E-state index < -0.39 is 0 Å². The Morgan fingerprint density at radius 3 is 2.56 bits per heavy atom. The molecule has 2 heteroatoms. The van der Waals surface area contributed by atoms with Crippen LogP contribution in [0.3, 0.4) is 0 Å². The predicted molar refractivity (Wildman–Crippen MR) is 66.7 cm³/mol. The van der Waals surface area contributed by atoms with Crippen molar-refractivity contribution < 1.29 is 5.11 Å². The van der Waals surface area contributed by atoms with E-state index in [1.807, 2.05) is 55.4 Å². The standard InChI is InChI=1S/C14H14NO/c1-15(2)12-7-5-6-11(10-12)13-8-3-4-9-14(13)16/h3-6,8-10,16H,1-2H3. The molecule has 0 fully saturated rings. The van der Waals surface area contributed by atoms with Gasteiger partial charge in [0.05, 0.1) is 0 Å². The summed E-state index contributed by atoms with van der Waals surface area (Å²) in [5, 5.41) is 9.77. The minimum atomic E-state index is 0.304. The van der Waals surface area contributed by atoms with Crippen molar-refractivity contribution in [3.63, 3.8) is 0 Å². The number of hydrogen-bond donors (Lipinski definition) is 1. The van der Waals surface area contributed by atoms with Crippen LogP contribution in [0.15, 0.2) is 42.5 Å². The number of hydrogen-bond acceptors (Lipinski definition) is 2. The lowest BCUT2D eigenvalue weighted by molar-refractivity contribution is 0.477. The maximum Gasteiger partial charge on any atom is 0.123 e. The van der Waals surface area contributed by atoms with Gasteiger partial charge >= 0.3 is 0 Å². The molecule has 1 N–H and O–H groups in total. The predicted octanol–water partition coefficient (Wildman–Crippen LogP) is 2.93. The second kappa shape index (κ2) is 4.27. The van der Waals surface area contributed by atoms with E-state index in [4.69, 9.17) is 0 Å². The summed E-state index contributed by atoms with van der Waals surface area (Å²) in [5.74, 6) is 0.304. The normalized spacial score (nSPS) is 10.1. The van der Waals surface area contributed by atoms with Crippen LogP contribution >= 0.6 is 0 Å². The first kappa shape index (κ1) is 10.6. The summed E-state index contributed by atoms with van der Waals surface area (Å²) in [5.41, 5.74) is 2.85. The number of aromatic hydroxyl groups is 1. The minimum absolute atomic E-state index is 0.304. The minimum Gasteiger partial charge on any atom is -0.507 e. The fourth-order valence-corrected chi connectivity index (χ4v) is 1.60. The maximum absolute atomic E-state index is 9.77. The number of nitrogens with zero attached hydrogens (tertiary/aromatic N) is 1. The molecule has 16 heavy (non-hydrogen) atoms. The zero-order valence-corrected chi connectivity index (χ0v) is 9.44. The van der Waals surface area contributed by atoms with Crippen molar-refractivity contribution in [2.75, 3.05) is 19.0 Å². The topological polar surface area (TPSA) is 23.5 Å². The molecule has 0 aromatic heterocycles. The third-order valence-electron chi connectivity index (χ3n) is 2.48. The molecular formula is C14H14NO. The van der Waals surface area contributed by atoms with Crippen LogP contribution in [0.2, 0.25) is 0 Å². The van der Waals surface area contributed by atoms with Crippen LogP contribution in [-0.2, 0) is 0 Å². The van der Waals surface area contributed by atoms with E-state index in [-0.39, 0.29) is 0 Å². The summed E-state index contributed by atoms with van der Waals surface area (Å²) >= 11 is 0. The van der Waals surface area contributed by atoms with E-state index in [1.165, 1.54) is 0 Å². The molecule has 2 aromatic carbocycles. The van der Waals surface area contributed by atoms with Gasteiger partial charge in [0, 0.05) is 31.4 Å². The molecule has 1 radical (unpaired) electrons. The zero-order valence-electron chi connectivity index (χ0n) is 9.44. The molecule has 0 aliphatic heterocycles. The Hall–Kier alpha value is -1.96. The molecule has 2 rings (SSSR count). The van der Waals surface area contributed by atoms with E-state index in [0.29, 0.717) is 5.75 Å². The third kappa shape index (κ3) is 2.01. The van der Waals surface area contributed by atoms with Gasteiger partial charge in [0.25, 0.3) is 0 Å². The molecule has 2 nitrogen and oxygen atoms in total. The first-order chi connectivity index (χ1) is 7.68. The molecule has 0 bridgehead atoms. The Bertz CT molecular complexity index is 492. The van der Waals surface area contributed by atoms with E-state index in [2.05, 4.69) is 6.07 Å². The summed E-state index contributed by atoms with van der Waals surface area (Å²) in [6.07, 6.45) is 0. The number of para-hydroxylation sites is 1. The first-order valence-corrected chi connectivity index (χ1v) is 5.16. The van der Waals surface area contributed by atoms with Gasteiger partial charge in [-0.2, -0.15) is 0 Å². The second-order valence-electron chi connectivity index (χ2n) is 3.87. The van der Waals surface area contributed by atoms with E-state index in [0.717, 1.165) is 16.8 Å². The highest BCUT2D eigenvalue weighted by Gasteiger charge is 2.04. The fourth-order valence-electron chi connectivity index (χ4n) is 1.60. The Kier molecular flexibility index (Phi) is 2.82. The van der Waals surface area contributed by atoms with Gasteiger partial charge in [-0.1, -0.05) is 30.3 Å². The number of benzene rings is 2. The smallest absolute Gasteiger partial charge is 0.123 e. The van der Waals surface area contributed by atoms with Crippen LogP contribution in [0.1, 0.15) is 0 Å². The average molecular weight is 212 g/mol. The monoisotopic (exact) mass is 212 g/mol. The van der Waals surface area contributed by atoms with Crippen LogP contribution < -0.4 is 4.90 Å². The molecule has 0 amide bonds. The van der Waals surface area contributed by atoms with Crippen molar-refractivity contribution in [3.8, 4) is 16.9 Å². The lowest BCUT2D eigenvalue weighted by atomic mass is 10.0. The van der Waals surface area contributed by atoms with Crippen LogP contribution in [0, 0.1) is 6.07 Å². The highest BCUT2D eigenvalue weighted by atomic mass is 16.3. The summed E-state index contributed by atoms with van der Waals surface area (Å²) in [6, 6.07) is 16.3. The van der Waals surface area contributed by atoms with Crippen LogP contribution in [0.25, 0.3) is 11.1 Å². The maximum atomic E-state index is 9.77. The van der Waals surface area contributed by atoms with Gasteiger partial charge in [-0.15, -0.1) is 0 Å². The SMILES string of the molecule is CN(C)c1[c]ccc(-c2ccccc2O)c1. The molecular weight excluding hydrogens is 198 g/mol. The number of phenols is 1. The summed E-state index contributed by atoms with van der Waals surface area (Å²) < 4.78 is 0. The molecule has 81 valence electrons. The first-order valence-electron chi connectivity index (χ1n) is 5.16. The second-order valence-corrected chi connectivity index (χ2v) is 3.87. The molecule has 0 aliphatic rings. The number of rotatable bonds is 2. The van der Waals surface area contributed by atoms with Gasteiger partial charge in [0.1, 0.15) is 5.75 Å². The molecule has 0 aliphatic carbocycles. The van der Waals surface area contributed by atoms with Gasteiger partial charge in [0.15, 0.2) is 0 Å². The van der Waals surface area contributed by atoms with Crippen LogP contribution in [-0.4, -0.2) is 19.2 Å². The van der Waals surface area contributed by atoms with Gasteiger partial charge < -0.3 is 10.0 Å². The van der Waals surface area contributed by atoms with E-state index in [1.54, 1.807) is 6.07 Å². The molecule has 0 atom stereocenters. The molecule has 0 unspecified atom stereocenters. The lowest BCUT2D eigenvalue weighted by Crippen LogP contribution is -2.08. The average Bonchev–Trinajstić information content (AvgIpc) is 2.30. The third-order valence-corrected chi connectivity index (χ3v) is 2.48. The molecule has 0 saturated heterocycles. The Morgan fingerprint density at radius 1 is 1.12 bits per heavy atom. The highest BCUT2D eigenvalue weighted by molar-refractivity contribution is 5.72. The van der Waals surface area contributed by atoms with Gasteiger partial charge in [0.2, 0.25) is 0 Å². The zero-order chi connectivity index (χ0) is 11.5. The quantitative estimate of drug-likeness (QED) is 0.827. The van der Waals surface area contributed by atoms with Crippen LogP contribution in [0.5, 0.6) is 5.75 Å². The highest BCUT2D eigenvalue weighted by Crippen LogP contribution is 2.30. The molecule has 0 spiro atoms. The van der Waals surface area contributed by atoms with Crippen molar-refractivity contribution in [2.24, 2.45) is 0 Å². The van der Waals surface area contributed by atoms with E-state index in [9.17, 15) is 5.11 Å². The molecule has 0 heterocycles. The Balaban J connectivity index is 2.49. The van der Waals surface area contributed by atoms with Gasteiger partial charge in [-0.3, -0.25) is 0 Å². The molecule has 0 saturated carbocycles. The van der Waals surface area contributed by atoms with Crippen LogP contribution in [0.4, 0.5) is 5.69 Å². The van der Waals surface area contributed by atoms with Crippen molar-refractivity contribution in [2.45, 2.75) is 0 Å². The fraction of sp³-hybridized carbons (Fsp3) is 0.143. The van der Waals surface area contributed by atoms with E-state index >= 15 is 0 Å². The Morgan fingerprint density at radius 2 is 1.88 bits per heavy atom. The van der Waals surface area contributed by atoms with Crippen molar-refractivity contribution in [1.29, 1.82) is 0 Å². The van der Waals surface area contributed by atoms with Crippen molar-refractivity contribution in [3.05, 3.63) is 48.5 Å². The largest absolute Gasteiger partial charge is 0.507 e. The van der Waals surface area contributed by atoms with Gasteiger partial charge in [-0.05, 0) is 17.7 Å². The lowest BCUT2D eigenvalue weighted by Gasteiger charge is -2.13. The van der Waals surface area contributed by atoms with Crippen molar-refractivity contribution in [1.82, 2.24) is 0 Å². The molecule has 2 aromatic rings. The van der Waals surface area contributed by atoms with Crippen molar-refractivity contribution >= 4 is 5.69 Å². The van der Waals surface area contributed by atoms with Gasteiger partial charge in [-0.25, -0.2) is 0 Å². The number of anilines is 1. The number of phenolic OH excluding ortho intramolecular Hbond substituents is 1. The summed E-state index contributed by atoms with van der Waals surface area (Å²) in [4.78, 5) is 1.99. The summed E-state index contributed by atoms with van der Waals surface area (Å²) in [7, 11) is 3.95. The Labute approximate surface area is 95.8 Å². The summed E-state index contributed by atoms with van der Waals surface area (Å²) in [6.45, 7) is 0.